The van der Waals surface area contributed by atoms with Crippen molar-refractivity contribution < 1.29 is 9.90 Å². The number of carboxylic acid groups (broad SMARTS) is 1. The van der Waals surface area contributed by atoms with Crippen LogP contribution in [0.5, 0.6) is 0 Å². The van der Waals surface area contributed by atoms with Crippen LogP contribution in [0.2, 0.25) is 5.02 Å². The van der Waals surface area contributed by atoms with Gasteiger partial charge in [0.25, 0.3) is 0 Å². The van der Waals surface area contributed by atoms with Crippen LogP contribution in [0.4, 0.5) is 0 Å². The topological polar surface area (TPSA) is 50.2 Å². The molecule has 1 aromatic carbocycles. The van der Waals surface area contributed by atoms with Gasteiger partial charge in [-0.2, -0.15) is 0 Å². The van der Waals surface area contributed by atoms with E-state index in [1.54, 1.807) is 18.3 Å². The molecule has 0 radical (unpaired) electrons. The number of benzene rings is 1. The molecule has 1 heterocycles. The van der Waals surface area contributed by atoms with Crippen LogP contribution >= 0.6 is 22.9 Å². The Kier molecular flexibility index (Phi) is 2.70. The van der Waals surface area contributed by atoms with Crippen molar-refractivity contribution in [2.24, 2.45) is 0 Å². The molecule has 76 valence electrons. The predicted octanol–water partition coefficient (Wildman–Crippen LogP) is 3.16. The fourth-order valence-electron chi connectivity index (χ4n) is 1.12. The van der Waals surface area contributed by atoms with E-state index < -0.39 is 5.97 Å². The summed E-state index contributed by atoms with van der Waals surface area (Å²) in [4.78, 5) is 15.3. The molecule has 2 rings (SSSR count). The minimum absolute atomic E-state index is 0.0972. The summed E-state index contributed by atoms with van der Waals surface area (Å²) in [6, 6.07) is 7.19. The third kappa shape index (κ3) is 2.16. The zero-order valence-corrected chi connectivity index (χ0v) is 9.05. The van der Waals surface area contributed by atoms with Crippen LogP contribution in [-0.4, -0.2) is 16.1 Å². The van der Waals surface area contributed by atoms with E-state index in [4.69, 9.17) is 16.7 Å². The third-order valence-electron chi connectivity index (χ3n) is 1.82. The molecule has 0 unspecified atom stereocenters. The summed E-state index contributed by atoms with van der Waals surface area (Å²) >= 11 is 6.89. The molecule has 0 spiro atoms. The lowest BCUT2D eigenvalue weighted by Gasteiger charge is -1.95. The van der Waals surface area contributed by atoms with E-state index in [1.165, 1.54) is 0 Å². The average molecular weight is 240 g/mol. The summed E-state index contributed by atoms with van der Waals surface area (Å²) in [7, 11) is 0. The van der Waals surface area contributed by atoms with Gasteiger partial charge in [0.2, 0.25) is 5.01 Å². The normalized spacial score (nSPS) is 10.2. The van der Waals surface area contributed by atoms with Gasteiger partial charge >= 0.3 is 5.97 Å². The number of hydrogen-bond acceptors (Lipinski definition) is 3. The Bertz CT molecular complexity index is 492. The van der Waals surface area contributed by atoms with Gasteiger partial charge in [0.15, 0.2) is 0 Å². The quantitative estimate of drug-likeness (QED) is 0.876. The molecule has 2 aromatic rings. The molecule has 0 bridgehead atoms. The maximum atomic E-state index is 10.6. The molecule has 3 nitrogen and oxygen atoms in total. The summed E-state index contributed by atoms with van der Waals surface area (Å²) in [5.41, 5.74) is 0.921. The maximum Gasteiger partial charge on any atom is 0.365 e. The van der Waals surface area contributed by atoms with Gasteiger partial charge in [-0.3, -0.25) is 0 Å². The van der Waals surface area contributed by atoms with E-state index in [1.807, 2.05) is 12.1 Å². The van der Waals surface area contributed by atoms with Gasteiger partial charge < -0.3 is 5.11 Å². The Morgan fingerprint density at radius 2 is 2.00 bits per heavy atom. The first-order valence-corrected chi connectivity index (χ1v) is 5.31. The molecule has 0 saturated heterocycles. The second kappa shape index (κ2) is 4.00. The van der Waals surface area contributed by atoms with Crippen LogP contribution < -0.4 is 0 Å². The van der Waals surface area contributed by atoms with Crippen LogP contribution in [0.25, 0.3) is 10.4 Å². The molecular formula is C10H6ClNO2S. The fraction of sp³-hybridized carbons (Fsp3) is 0. The van der Waals surface area contributed by atoms with Crippen LogP contribution in [0.3, 0.4) is 0 Å². The zero-order valence-electron chi connectivity index (χ0n) is 7.48. The molecule has 0 aliphatic heterocycles. The van der Waals surface area contributed by atoms with Crippen LogP contribution in [0, 0.1) is 0 Å². The molecule has 0 atom stereocenters. The Morgan fingerprint density at radius 1 is 1.33 bits per heavy atom. The minimum Gasteiger partial charge on any atom is -0.476 e. The van der Waals surface area contributed by atoms with Crippen molar-refractivity contribution in [3.8, 4) is 10.4 Å². The van der Waals surface area contributed by atoms with E-state index in [0.717, 1.165) is 21.8 Å². The number of carboxylic acids is 1. The average Bonchev–Trinajstić information content (AvgIpc) is 2.68. The number of aromatic carboxylic acids is 1. The highest BCUT2D eigenvalue weighted by atomic mass is 35.5. The Morgan fingerprint density at radius 3 is 2.53 bits per heavy atom. The van der Waals surface area contributed by atoms with Gasteiger partial charge in [-0.1, -0.05) is 23.7 Å². The third-order valence-corrected chi connectivity index (χ3v) is 3.10. The minimum atomic E-state index is -1.000. The van der Waals surface area contributed by atoms with Gasteiger partial charge in [-0.05, 0) is 17.7 Å². The number of carbonyl (C=O) groups is 1. The predicted molar refractivity (Wildman–Crippen MR) is 59.5 cm³/mol. The number of hydrogen-bond donors (Lipinski definition) is 1. The largest absolute Gasteiger partial charge is 0.476 e. The summed E-state index contributed by atoms with van der Waals surface area (Å²) in [5, 5.41) is 9.47. The van der Waals surface area contributed by atoms with E-state index >= 15 is 0 Å². The lowest BCUT2D eigenvalue weighted by molar-refractivity contribution is 0.0696. The molecule has 0 aliphatic carbocycles. The highest BCUT2D eigenvalue weighted by Crippen LogP contribution is 2.26. The van der Waals surface area contributed by atoms with E-state index in [-0.39, 0.29) is 5.01 Å². The Balaban J connectivity index is 2.37. The second-order valence-corrected chi connectivity index (χ2v) is 4.31. The second-order valence-electron chi connectivity index (χ2n) is 2.84. The zero-order chi connectivity index (χ0) is 10.8. The van der Waals surface area contributed by atoms with Crippen LogP contribution in [0.15, 0.2) is 30.5 Å². The highest BCUT2D eigenvalue weighted by Gasteiger charge is 2.09. The SMILES string of the molecule is O=C(O)c1ncc(-c2ccc(Cl)cc2)s1. The molecule has 0 amide bonds. The summed E-state index contributed by atoms with van der Waals surface area (Å²) in [5.74, 6) is -1.000. The molecule has 1 N–H and O–H groups in total. The van der Waals surface area contributed by atoms with E-state index in [9.17, 15) is 4.79 Å². The van der Waals surface area contributed by atoms with Crippen molar-refractivity contribution in [2.75, 3.05) is 0 Å². The molecule has 0 fully saturated rings. The van der Waals surface area contributed by atoms with Crippen LogP contribution in [0.1, 0.15) is 9.80 Å². The first-order valence-electron chi connectivity index (χ1n) is 4.12. The number of halogens is 1. The van der Waals surface area contributed by atoms with Crippen molar-refractivity contribution in [3.05, 3.63) is 40.5 Å². The van der Waals surface area contributed by atoms with Gasteiger partial charge in [0, 0.05) is 11.2 Å². The smallest absolute Gasteiger partial charge is 0.365 e. The van der Waals surface area contributed by atoms with Crippen LogP contribution in [-0.2, 0) is 0 Å². The monoisotopic (exact) mass is 239 g/mol. The van der Waals surface area contributed by atoms with Crippen molar-refractivity contribution in [1.29, 1.82) is 0 Å². The van der Waals surface area contributed by atoms with Crippen molar-refractivity contribution in [3.63, 3.8) is 0 Å². The lowest BCUT2D eigenvalue weighted by Crippen LogP contribution is -1.92. The molecule has 0 aliphatic rings. The fourth-order valence-corrected chi connectivity index (χ4v) is 2.01. The van der Waals surface area contributed by atoms with Gasteiger partial charge in [-0.15, -0.1) is 11.3 Å². The van der Waals surface area contributed by atoms with Crippen molar-refractivity contribution in [1.82, 2.24) is 4.98 Å². The molecular weight excluding hydrogens is 234 g/mol. The molecule has 1 aromatic heterocycles. The number of rotatable bonds is 2. The number of aromatic nitrogens is 1. The number of nitrogens with zero attached hydrogens (tertiary/aromatic N) is 1. The standard InChI is InChI=1S/C10H6ClNO2S/c11-7-3-1-6(2-4-7)8-5-12-9(15-8)10(13)14/h1-5H,(H,13,14). The Hall–Kier alpha value is -1.39. The lowest BCUT2D eigenvalue weighted by atomic mass is 10.2. The van der Waals surface area contributed by atoms with E-state index in [0.29, 0.717) is 5.02 Å². The summed E-state index contributed by atoms with van der Waals surface area (Å²) in [6.07, 6.45) is 1.55. The molecule has 15 heavy (non-hydrogen) atoms. The maximum absolute atomic E-state index is 10.6. The van der Waals surface area contributed by atoms with Crippen molar-refractivity contribution >= 4 is 28.9 Å². The molecule has 0 saturated carbocycles. The number of thiazole rings is 1. The highest BCUT2D eigenvalue weighted by molar-refractivity contribution is 7.16. The van der Waals surface area contributed by atoms with Gasteiger partial charge in [0.1, 0.15) is 0 Å². The summed E-state index contributed by atoms with van der Waals surface area (Å²) < 4.78 is 0. The first-order chi connectivity index (χ1) is 7.16. The van der Waals surface area contributed by atoms with Gasteiger partial charge in [-0.25, -0.2) is 9.78 Å². The first kappa shape index (κ1) is 10.1. The van der Waals surface area contributed by atoms with E-state index in [2.05, 4.69) is 4.98 Å². The van der Waals surface area contributed by atoms with Crippen molar-refractivity contribution in [2.45, 2.75) is 0 Å². The Labute approximate surface area is 95.0 Å². The molecule has 5 heteroatoms. The summed E-state index contributed by atoms with van der Waals surface area (Å²) in [6.45, 7) is 0. The van der Waals surface area contributed by atoms with Gasteiger partial charge in [0.05, 0.1) is 4.88 Å².